The summed E-state index contributed by atoms with van der Waals surface area (Å²) in [7, 11) is 0. The highest BCUT2D eigenvalue weighted by atomic mass is 35.5. The average Bonchev–Trinajstić information content (AvgIpc) is 3.39. The van der Waals surface area contributed by atoms with E-state index in [-0.39, 0.29) is 17.9 Å². The Morgan fingerprint density at radius 3 is 2.93 bits per heavy atom. The summed E-state index contributed by atoms with van der Waals surface area (Å²) in [5, 5.41) is 5.01. The number of amides is 1. The molecule has 7 heteroatoms. The number of likely N-dealkylation sites (tertiary alicyclic amines) is 1. The van der Waals surface area contributed by atoms with Crippen LogP contribution >= 0.6 is 11.6 Å². The highest BCUT2D eigenvalue weighted by Gasteiger charge is 2.30. The molecular weight excluding hydrogens is 388 g/mol. The number of aromatic nitrogens is 3. The summed E-state index contributed by atoms with van der Waals surface area (Å²) >= 11 is 6.25. The standard InChI is InChI=1S/C22H25ClN4O2/c1-15(2)27-20(9-10-25-27)22(28)26-11-5-7-17(14-26)21-24-13-18(29-21)12-16-6-3-4-8-19(16)23/h3-4,6,8-10,13,15,17H,5,7,11-12,14H2,1-2H3. The van der Waals surface area contributed by atoms with E-state index < -0.39 is 0 Å². The highest BCUT2D eigenvalue weighted by Crippen LogP contribution is 2.29. The Labute approximate surface area is 175 Å². The van der Waals surface area contributed by atoms with Crippen LogP contribution in [0, 0.1) is 0 Å². The molecule has 1 saturated heterocycles. The number of hydrogen-bond acceptors (Lipinski definition) is 4. The Hall–Kier alpha value is -2.60. The maximum Gasteiger partial charge on any atom is 0.272 e. The summed E-state index contributed by atoms with van der Waals surface area (Å²) in [6.45, 7) is 5.39. The number of benzene rings is 1. The Balaban J connectivity index is 1.46. The van der Waals surface area contributed by atoms with Crippen molar-refractivity contribution in [2.75, 3.05) is 13.1 Å². The van der Waals surface area contributed by atoms with Gasteiger partial charge in [-0.2, -0.15) is 5.10 Å². The van der Waals surface area contributed by atoms with E-state index in [0.29, 0.717) is 24.6 Å². The molecule has 0 aliphatic carbocycles. The summed E-state index contributed by atoms with van der Waals surface area (Å²) in [6.07, 6.45) is 5.94. The fraction of sp³-hybridized carbons (Fsp3) is 0.409. The van der Waals surface area contributed by atoms with Crippen LogP contribution in [0.5, 0.6) is 0 Å². The molecule has 1 aliphatic rings. The first-order valence-electron chi connectivity index (χ1n) is 10.0. The van der Waals surface area contributed by atoms with Crippen molar-refractivity contribution in [1.29, 1.82) is 0 Å². The van der Waals surface area contributed by atoms with E-state index in [0.717, 1.165) is 35.7 Å². The number of oxazole rings is 1. The van der Waals surface area contributed by atoms with Gasteiger partial charge in [0.2, 0.25) is 0 Å². The molecule has 29 heavy (non-hydrogen) atoms. The minimum atomic E-state index is 0.0174. The Bertz CT molecular complexity index is 994. The number of carbonyl (C=O) groups is 1. The van der Waals surface area contributed by atoms with Crippen LogP contribution in [0.3, 0.4) is 0 Å². The van der Waals surface area contributed by atoms with Gasteiger partial charge in [0.05, 0.1) is 12.1 Å². The predicted octanol–water partition coefficient (Wildman–Crippen LogP) is 4.72. The van der Waals surface area contributed by atoms with Crippen molar-refractivity contribution < 1.29 is 9.21 Å². The van der Waals surface area contributed by atoms with Crippen LogP contribution in [0.15, 0.2) is 47.1 Å². The lowest BCUT2D eigenvalue weighted by Crippen LogP contribution is -2.40. The quantitative estimate of drug-likeness (QED) is 0.608. The van der Waals surface area contributed by atoms with E-state index in [9.17, 15) is 4.79 Å². The molecule has 1 atom stereocenters. The van der Waals surface area contributed by atoms with Crippen LogP contribution in [-0.2, 0) is 6.42 Å². The van der Waals surface area contributed by atoms with E-state index in [1.807, 2.05) is 43.0 Å². The smallest absolute Gasteiger partial charge is 0.272 e. The van der Waals surface area contributed by atoms with Gasteiger partial charge in [0.15, 0.2) is 5.89 Å². The molecule has 2 aromatic heterocycles. The zero-order chi connectivity index (χ0) is 20.4. The van der Waals surface area contributed by atoms with Gasteiger partial charge in [-0.25, -0.2) is 4.98 Å². The molecule has 0 saturated carbocycles. The van der Waals surface area contributed by atoms with Gasteiger partial charge in [0, 0.05) is 36.8 Å². The highest BCUT2D eigenvalue weighted by molar-refractivity contribution is 6.31. The monoisotopic (exact) mass is 412 g/mol. The zero-order valence-electron chi connectivity index (χ0n) is 16.7. The first kappa shape index (κ1) is 19.7. The van der Waals surface area contributed by atoms with Crippen molar-refractivity contribution in [1.82, 2.24) is 19.7 Å². The second kappa shape index (κ2) is 8.41. The van der Waals surface area contributed by atoms with Crippen LogP contribution in [0.2, 0.25) is 5.02 Å². The van der Waals surface area contributed by atoms with Crippen LogP contribution in [-0.4, -0.2) is 38.7 Å². The fourth-order valence-corrected chi connectivity index (χ4v) is 4.05. The maximum absolute atomic E-state index is 13.0. The van der Waals surface area contributed by atoms with Crippen molar-refractivity contribution in [3.8, 4) is 0 Å². The van der Waals surface area contributed by atoms with E-state index in [4.69, 9.17) is 16.0 Å². The molecule has 1 aliphatic heterocycles. The molecule has 1 aromatic carbocycles. The van der Waals surface area contributed by atoms with Crippen molar-refractivity contribution in [3.05, 3.63) is 70.7 Å². The van der Waals surface area contributed by atoms with E-state index in [1.54, 1.807) is 23.1 Å². The summed E-state index contributed by atoms with van der Waals surface area (Å²) in [5.74, 6) is 1.60. The molecule has 152 valence electrons. The number of halogens is 1. The molecule has 1 fully saturated rings. The minimum absolute atomic E-state index is 0.0174. The van der Waals surface area contributed by atoms with E-state index in [1.165, 1.54) is 0 Å². The zero-order valence-corrected chi connectivity index (χ0v) is 17.5. The number of hydrogen-bond donors (Lipinski definition) is 0. The first-order chi connectivity index (χ1) is 14.0. The lowest BCUT2D eigenvalue weighted by Gasteiger charge is -2.31. The lowest BCUT2D eigenvalue weighted by molar-refractivity contribution is 0.0683. The van der Waals surface area contributed by atoms with Gasteiger partial charge in [0.25, 0.3) is 5.91 Å². The molecule has 4 rings (SSSR count). The van der Waals surface area contributed by atoms with Crippen LogP contribution in [0.1, 0.15) is 66.4 Å². The maximum atomic E-state index is 13.0. The largest absolute Gasteiger partial charge is 0.445 e. The molecule has 1 unspecified atom stereocenters. The molecule has 0 spiro atoms. The molecule has 0 N–H and O–H groups in total. The van der Waals surface area contributed by atoms with Crippen molar-refractivity contribution in [2.24, 2.45) is 0 Å². The molecule has 3 aromatic rings. The second-order valence-electron chi connectivity index (χ2n) is 7.78. The number of rotatable bonds is 5. The molecule has 3 heterocycles. The minimum Gasteiger partial charge on any atom is -0.445 e. The second-order valence-corrected chi connectivity index (χ2v) is 8.19. The van der Waals surface area contributed by atoms with E-state index >= 15 is 0 Å². The number of piperidine rings is 1. The van der Waals surface area contributed by atoms with Crippen LogP contribution < -0.4 is 0 Å². The van der Waals surface area contributed by atoms with Gasteiger partial charge >= 0.3 is 0 Å². The van der Waals surface area contributed by atoms with Crippen LogP contribution in [0.25, 0.3) is 0 Å². The summed E-state index contributed by atoms with van der Waals surface area (Å²) in [5.41, 5.74) is 1.65. The molecule has 6 nitrogen and oxygen atoms in total. The summed E-state index contributed by atoms with van der Waals surface area (Å²) in [4.78, 5) is 19.4. The molecule has 0 bridgehead atoms. The van der Waals surface area contributed by atoms with Crippen LogP contribution in [0.4, 0.5) is 0 Å². The third-order valence-corrected chi connectivity index (χ3v) is 5.70. The van der Waals surface area contributed by atoms with Gasteiger partial charge in [-0.1, -0.05) is 29.8 Å². The fourth-order valence-electron chi connectivity index (χ4n) is 3.84. The Morgan fingerprint density at radius 1 is 1.31 bits per heavy atom. The van der Waals surface area contributed by atoms with Crippen molar-refractivity contribution in [3.63, 3.8) is 0 Å². The van der Waals surface area contributed by atoms with Crippen molar-refractivity contribution in [2.45, 2.75) is 45.1 Å². The Morgan fingerprint density at radius 2 is 2.14 bits per heavy atom. The van der Waals surface area contributed by atoms with Gasteiger partial charge in [-0.3, -0.25) is 9.48 Å². The van der Waals surface area contributed by atoms with Crippen molar-refractivity contribution >= 4 is 17.5 Å². The van der Waals surface area contributed by atoms with Gasteiger partial charge in [0.1, 0.15) is 11.5 Å². The van der Waals surface area contributed by atoms with Gasteiger partial charge < -0.3 is 9.32 Å². The number of nitrogens with zero attached hydrogens (tertiary/aromatic N) is 4. The Kier molecular flexibility index (Phi) is 5.72. The molecular formula is C22H25ClN4O2. The summed E-state index contributed by atoms with van der Waals surface area (Å²) in [6, 6.07) is 9.67. The first-order valence-corrected chi connectivity index (χ1v) is 10.4. The third kappa shape index (κ3) is 4.22. The molecule has 0 radical (unpaired) electrons. The lowest BCUT2D eigenvalue weighted by atomic mass is 9.97. The summed E-state index contributed by atoms with van der Waals surface area (Å²) < 4.78 is 7.81. The number of carbonyl (C=O) groups excluding carboxylic acids is 1. The predicted molar refractivity (Wildman–Crippen MR) is 111 cm³/mol. The average molecular weight is 413 g/mol. The van der Waals surface area contributed by atoms with Gasteiger partial charge in [-0.05, 0) is 44.4 Å². The SMILES string of the molecule is CC(C)n1nccc1C(=O)N1CCCC(c2ncc(Cc3ccccc3Cl)o2)C1. The van der Waals surface area contributed by atoms with E-state index in [2.05, 4.69) is 10.1 Å². The third-order valence-electron chi connectivity index (χ3n) is 5.33. The topological polar surface area (TPSA) is 64.2 Å². The normalized spacial score (nSPS) is 17.1. The van der Waals surface area contributed by atoms with Gasteiger partial charge in [-0.15, -0.1) is 0 Å². The molecule has 1 amide bonds.